The Morgan fingerprint density at radius 3 is 2.83 bits per heavy atom. The molecule has 0 saturated carbocycles. The summed E-state index contributed by atoms with van der Waals surface area (Å²) in [7, 11) is 0. The van der Waals surface area contributed by atoms with E-state index in [-0.39, 0.29) is 0 Å². The van der Waals surface area contributed by atoms with Crippen LogP contribution in [0.15, 0.2) is 12.3 Å². The van der Waals surface area contributed by atoms with Gasteiger partial charge in [0.05, 0.1) is 5.56 Å². The monoisotopic (exact) mass is 263 g/mol. The van der Waals surface area contributed by atoms with E-state index in [0.717, 1.165) is 30.0 Å². The first-order valence-electron chi connectivity index (χ1n) is 6.41. The van der Waals surface area contributed by atoms with Crippen LogP contribution < -0.4 is 10.6 Å². The Labute approximate surface area is 114 Å². The van der Waals surface area contributed by atoms with E-state index in [1.165, 1.54) is 12.8 Å². The molecule has 18 heavy (non-hydrogen) atoms. The molecule has 0 unspecified atom stereocenters. The second-order valence-electron chi connectivity index (χ2n) is 5.88. The number of pyridine rings is 1. The first-order chi connectivity index (χ1) is 8.41. The molecule has 1 aliphatic rings. The minimum absolute atomic E-state index is 0.331. The third kappa shape index (κ3) is 2.64. The summed E-state index contributed by atoms with van der Waals surface area (Å²) in [5.74, 6) is 0.954. The van der Waals surface area contributed by atoms with Crippen molar-refractivity contribution in [1.29, 1.82) is 0 Å². The molecule has 0 aromatic carbocycles. The Bertz CT molecular complexity index is 468. The van der Waals surface area contributed by atoms with Crippen LogP contribution in [0.5, 0.6) is 0 Å². The molecule has 0 atom stereocenters. The van der Waals surface area contributed by atoms with Crippen LogP contribution in [0.2, 0.25) is 0 Å². The number of rotatable bonds is 2. The number of hydrogen-bond donors (Lipinski definition) is 1. The molecule has 1 fully saturated rings. The van der Waals surface area contributed by atoms with Gasteiger partial charge in [-0.25, -0.2) is 4.98 Å². The summed E-state index contributed by atoms with van der Waals surface area (Å²) in [5, 5.41) is 0. The smallest absolute Gasteiger partial charge is 0.139 e. The molecule has 3 nitrogen and oxygen atoms in total. The quantitative estimate of drug-likeness (QED) is 0.833. The highest BCUT2D eigenvalue weighted by Gasteiger charge is 2.28. The number of nitrogens with zero attached hydrogens (tertiary/aromatic N) is 2. The second-order valence-corrected chi connectivity index (χ2v) is 6.32. The summed E-state index contributed by atoms with van der Waals surface area (Å²) in [6.07, 6.45) is 4.30. The lowest BCUT2D eigenvalue weighted by Gasteiger charge is -2.39. The van der Waals surface area contributed by atoms with Gasteiger partial charge in [0.2, 0.25) is 0 Å². The number of nitrogens with two attached hydrogens (primary N) is 1. The highest BCUT2D eigenvalue weighted by Crippen LogP contribution is 2.32. The molecule has 1 saturated heterocycles. The second kappa shape index (κ2) is 4.84. The minimum atomic E-state index is 0.331. The van der Waals surface area contributed by atoms with E-state index in [1.807, 2.05) is 19.2 Å². The molecule has 1 aromatic heterocycles. The maximum atomic E-state index is 5.85. The normalized spacial score (nSPS) is 18.7. The topological polar surface area (TPSA) is 42.2 Å². The fourth-order valence-corrected chi connectivity index (χ4v) is 2.94. The van der Waals surface area contributed by atoms with Crippen LogP contribution in [0.25, 0.3) is 0 Å². The highest BCUT2D eigenvalue weighted by molar-refractivity contribution is 7.80. The van der Waals surface area contributed by atoms with Gasteiger partial charge in [-0.05, 0) is 36.8 Å². The van der Waals surface area contributed by atoms with Gasteiger partial charge in [0.25, 0.3) is 0 Å². The molecule has 0 bridgehead atoms. The molecule has 2 rings (SSSR count). The summed E-state index contributed by atoms with van der Waals surface area (Å²) in [4.78, 5) is 7.28. The third-order valence-corrected chi connectivity index (χ3v) is 3.79. The van der Waals surface area contributed by atoms with Crippen LogP contribution >= 0.6 is 12.2 Å². The first kappa shape index (κ1) is 13.3. The Balaban J connectivity index is 2.39. The van der Waals surface area contributed by atoms with Crippen LogP contribution in [0, 0.1) is 12.3 Å². The SMILES string of the molecule is Cc1ccnc(N2CCCC(C)(C)C2)c1C(N)=S. The molecule has 0 spiro atoms. The van der Waals surface area contributed by atoms with Gasteiger partial charge in [0.1, 0.15) is 10.8 Å². The van der Waals surface area contributed by atoms with E-state index in [4.69, 9.17) is 18.0 Å². The maximum Gasteiger partial charge on any atom is 0.139 e. The van der Waals surface area contributed by atoms with Gasteiger partial charge in [0, 0.05) is 19.3 Å². The molecular weight excluding hydrogens is 242 g/mol. The van der Waals surface area contributed by atoms with E-state index in [9.17, 15) is 0 Å². The number of thiocarbonyl (C=S) groups is 1. The fraction of sp³-hybridized carbons (Fsp3) is 0.571. The van der Waals surface area contributed by atoms with Crippen molar-refractivity contribution >= 4 is 23.0 Å². The molecule has 2 heterocycles. The molecule has 0 radical (unpaired) electrons. The van der Waals surface area contributed by atoms with Crippen LogP contribution in [-0.4, -0.2) is 23.1 Å². The molecule has 1 aliphatic heterocycles. The van der Waals surface area contributed by atoms with Gasteiger partial charge < -0.3 is 10.6 Å². The van der Waals surface area contributed by atoms with Gasteiger partial charge >= 0.3 is 0 Å². The van der Waals surface area contributed by atoms with E-state index < -0.39 is 0 Å². The van der Waals surface area contributed by atoms with Crippen LogP contribution in [0.1, 0.15) is 37.8 Å². The lowest BCUT2D eigenvalue weighted by atomic mass is 9.84. The average molecular weight is 263 g/mol. The van der Waals surface area contributed by atoms with Crippen molar-refractivity contribution in [1.82, 2.24) is 4.98 Å². The zero-order valence-electron chi connectivity index (χ0n) is 11.4. The van der Waals surface area contributed by atoms with Gasteiger partial charge in [-0.15, -0.1) is 0 Å². The molecule has 4 heteroatoms. The lowest BCUT2D eigenvalue weighted by Crippen LogP contribution is -2.41. The first-order valence-corrected chi connectivity index (χ1v) is 6.82. The summed E-state index contributed by atoms with van der Waals surface area (Å²) in [5.41, 5.74) is 8.23. The van der Waals surface area contributed by atoms with E-state index >= 15 is 0 Å². The van der Waals surface area contributed by atoms with E-state index in [2.05, 4.69) is 23.7 Å². The number of aryl methyl sites for hydroxylation is 1. The fourth-order valence-electron chi connectivity index (χ4n) is 2.69. The maximum absolute atomic E-state index is 5.85. The van der Waals surface area contributed by atoms with Gasteiger partial charge in [-0.1, -0.05) is 26.1 Å². The van der Waals surface area contributed by atoms with Gasteiger partial charge in [-0.2, -0.15) is 0 Å². The Morgan fingerprint density at radius 1 is 1.50 bits per heavy atom. The van der Waals surface area contributed by atoms with Crippen molar-refractivity contribution in [2.75, 3.05) is 18.0 Å². The molecule has 0 aliphatic carbocycles. The Kier molecular flexibility index (Phi) is 3.57. The zero-order valence-corrected chi connectivity index (χ0v) is 12.2. The summed E-state index contributed by atoms with van der Waals surface area (Å²) in [6.45, 7) is 8.69. The molecule has 0 amide bonds. The van der Waals surface area contributed by atoms with Gasteiger partial charge in [-0.3, -0.25) is 0 Å². The zero-order chi connectivity index (χ0) is 13.3. The summed E-state index contributed by atoms with van der Waals surface area (Å²) >= 11 is 5.17. The van der Waals surface area contributed by atoms with Crippen molar-refractivity contribution in [3.63, 3.8) is 0 Å². The number of anilines is 1. The number of piperidine rings is 1. The largest absolute Gasteiger partial charge is 0.389 e. The molecule has 1 aromatic rings. The van der Waals surface area contributed by atoms with Crippen molar-refractivity contribution in [3.05, 3.63) is 23.4 Å². The van der Waals surface area contributed by atoms with E-state index in [0.29, 0.717) is 10.4 Å². The highest BCUT2D eigenvalue weighted by atomic mass is 32.1. The number of hydrogen-bond acceptors (Lipinski definition) is 3. The standard InChI is InChI=1S/C14H21N3S/c1-10-5-7-16-13(11(10)12(15)18)17-8-4-6-14(2,3)9-17/h5,7H,4,6,8-9H2,1-3H3,(H2,15,18). The average Bonchev–Trinajstić information content (AvgIpc) is 2.26. The minimum Gasteiger partial charge on any atom is -0.389 e. The van der Waals surface area contributed by atoms with Crippen LogP contribution in [0.3, 0.4) is 0 Å². The van der Waals surface area contributed by atoms with E-state index in [1.54, 1.807) is 0 Å². The molecule has 98 valence electrons. The summed E-state index contributed by atoms with van der Waals surface area (Å²) in [6, 6.07) is 1.97. The third-order valence-electron chi connectivity index (χ3n) is 3.59. The van der Waals surface area contributed by atoms with Crippen molar-refractivity contribution in [2.45, 2.75) is 33.6 Å². The predicted octanol–water partition coefficient (Wildman–Crippen LogP) is 2.65. The number of aromatic nitrogens is 1. The van der Waals surface area contributed by atoms with Crippen molar-refractivity contribution in [3.8, 4) is 0 Å². The Hall–Kier alpha value is -1.16. The summed E-state index contributed by atoms with van der Waals surface area (Å²) < 4.78 is 0. The molecular formula is C14H21N3S. The van der Waals surface area contributed by atoms with Crippen LogP contribution in [0.4, 0.5) is 5.82 Å². The Morgan fingerprint density at radius 2 is 2.22 bits per heavy atom. The molecule has 2 N–H and O–H groups in total. The van der Waals surface area contributed by atoms with Crippen LogP contribution in [-0.2, 0) is 0 Å². The van der Waals surface area contributed by atoms with Crippen molar-refractivity contribution < 1.29 is 0 Å². The van der Waals surface area contributed by atoms with Crippen molar-refractivity contribution in [2.24, 2.45) is 11.1 Å². The lowest BCUT2D eigenvalue weighted by molar-refractivity contribution is 0.292. The van der Waals surface area contributed by atoms with Gasteiger partial charge in [0.15, 0.2) is 0 Å². The predicted molar refractivity (Wildman–Crippen MR) is 80.1 cm³/mol.